The highest BCUT2D eigenvalue weighted by Gasteiger charge is 2.17. The zero-order chi connectivity index (χ0) is 13.4. The van der Waals surface area contributed by atoms with Crippen LogP contribution in [0.5, 0.6) is 0 Å². The van der Waals surface area contributed by atoms with E-state index in [0.717, 1.165) is 44.3 Å². The van der Waals surface area contributed by atoms with Crippen molar-refractivity contribution in [1.82, 2.24) is 4.90 Å². The molecule has 0 saturated carbocycles. The third-order valence-corrected chi connectivity index (χ3v) is 3.14. The molecular formula is C13H23N3OS. The lowest BCUT2D eigenvalue weighted by Crippen LogP contribution is -2.31. The first kappa shape index (κ1) is 15.2. The Morgan fingerprint density at radius 3 is 2.94 bits per heavy atom. The Bertz CT molecular complexity index is 339. The van der Waals surface area contributed by atoms with Gasteiger partial charge in [0.2, 0.25) is 5.90 Å². The number of ether oxygens (including phenoxy) is 1. The minimum atomic E-state index is 0.344. The van der Waals surface area contributed by atoms with E-state index in [1.807, 2.05) is 0 Å². The molecule has 5 heteroatoms. The van der Waals surface area contributed by atoms with E-state index < -0.39 is 0 Å². The second kappa shape index (κ2) is 8.32. The Morgan fingerprint density at radius 2 is 2.33 bits per heavy atom. The van der Waals surface area contributed by atoms with Gasteiger partial charge in [-0.3, -0.25) is 5.41 Å². The zero-order valence-corrected chi connectivity index (χ0v) is 12.2. The Kier molecular flexibility index (Phi) is 7.05. The van der Waals surface area contributed by atoms with Crippen molar-refractivity contribution in [3.63, 3.8) is 0 Å². The molecule has 1 aliphatic heterocycles. The highest BCUT2D eigenvalue weighted by molar-refractivity contribution is 7.79. The molecular weight excluding hydrogens is 246 g/mol. The number of likely N-dealkylation sites (N-methyl/N-ethyl adjacent to an activating group) is 1. The SMILES string of the molecule is CCCCCO/C(=N/S)C(=N)C1=CCCN(C)C1. The normalized spacial score (nSPS) is 17.5. The number of nitrogens with zero attached hydrogens (tertiary/aromatic N) is 2. The summed E-state index contributed by atoms with van der Waals surface area (Å²) in [6.07, 6.45) is 6.36. The van der Waals surface area contributed by atoms with Gasteiger partial charge in [0, 0.05) is 13.1 Å². The molecule has 102 valence electrons. The Hall–Kier alpha value is -0.810. The van der Waals surface area contributed by atoms with Crippen LogP contribution in [0.4, 0.5) is 0 Å². The molecule has 1 N–H and O–H groups in total. The molecule has 0 radical (unpaired) electrons. The van der Waals surface area contributed by atoms with Crippen LogP contribution < -0.4 is 0 Å². The summed E-state index contributed by atoms with van der Waals surface area (Å²) in [5.41, 5.74) is 1.35. The third kappa shape index (κ3) is 4.82. The summed E-state index contributed by atoms with van der Waals surface area (Å²) in [5.74, 6) is 0.344. The van der Waals surface area contributed by atoms with Crippen LogP contribution in [0.3, 0.4) is 0 Å². The monoisotopic (exact) mass is 269 g/mol. The van der Waals surface area contributed by atoms with Crippen molar-refractivity contribution >= 4 is 24.4 Å². The molecule has 0 unspecified atom stereocenters. The summed E-state index contributed by atoms with van der Waals surface area (Å²) >= 11 is 3.90. The van der Waals surface area contributed by atoms with Gasteiger partial charge in [0.15, 0.2) is 0 Å². The molecule has 0 atom stereocenters. The molecule has 0 aromatic carbocycles. The number of rotatable bonds is 6. The summed E-state index contributed by atoms with van der Waals surface area (Å²) in [4.78, 5) is 2.19. The van der Waals surface area contributed by atoms with Crippen LogP contribution in [-0.2, 0) is 4.74 Å². The van der Waals surface area contributed by atoms with Crippen LogP contribution >= 0.6 is 12.8 Å². The quantitative estimate of drug-likeness (QED) is 0.337. The van der Waals surface area contributed by atoms with E-state index in [2.05, 4.69) is 42.2 Å². The minimum Gasteiger partial charge on any atom is -0.476 e. The molecule has 0 fully saturated rings. The van der Waals surface area contributed by atoms with Crippen molar-refractivity contribution in [2.24, 2.45) is 4.40 Å². The maximum Gasteiger partial charge on any atom is 0.246 e. The van der Waals surface area contributed by atoms with Crippen molar-refractivity contribution in [2.75, 3.05) is 26.7 Å². The molecule has 0 saturated heterocycles. The van der Waals surface area contributed by atoms with E-state index in [9.17, 15) is 0 Å². The molecule has 0 bridgehead atoms. The summed E-state index contributed by atoms with van der Waals surface area (Å²) in [6, 6.07) is 0. The fraction of sp³-hybridized carbons (Fsp3) is 0.692. The lowest BCUT2D eigenvalue weighted by atomic mass is 10.1. The minimum absolute atomic E-state index is 0.344. The van der Waals surface area contributed by atoms with Gasteiger partial charge in [-0.25, -0.2) is 0 Å². The standard InChI is InChI=1S/C13H23N3OS/c1-3-4-5-9-17-13(15-18)12(14)11-7-6-8-16(2)10-11/h7,14,18H,3-6,8-10H2,1-2H3/b14-12?,15-13+. The molecule has 0 aromatic heterocycles. The average molecular weight is 269 g/mol. The molecule has 18 heavy (non-hydrogen) atoms. The van der Waals surface area contributed by atoms with Gasteiger partial charge in [-0.15, -0.1) is 0 Å². The van der Waals surface area contributed by atoms with Crippen LogP contribution in [0.1, 0.15) is 32.6 Å². The van der Waals surface area contributed by atoms with E-state index in [0.29, 0.717) is 18.2 Å². The molecule has 0 aliphatic carbocycles. The lowest BCUT2D eigenvalue weighted by molar-refractivity contribution is 0.299. The largest absolute Gasteiger partial charge is 0.476 e. The highest BCUT2D eigenvalue weighted by Crippen LogP contribution is 2.11. The Labute approximate surface area is 115 Å². The van der Waals surface area contributed by atoms with E-state index in [-0.39, 0.29) is 0 Å². The molecule has 0 spiro atoms. The van der Waals surface area contributed by atoms with Crippen LogP contribution in [-0.4, -0.2) is 43.3 Å². The number of hydrogen-bond donors (Lipinski definition) is 2. The van der Waals surface area contributed by atoms with E-state index in [1.165, 1.54) is 0 Å². The van der Waals surface area contributed by atoms with Crippen molar-refractivity contribution in [1.29, 1.82) is 5.41 Å². The number of thiol groups is 1. The molecule has 1 rings (SSSR count). The first-order valence-corrected chi connectivity index (χ1v) is 6.90. The van der Waals surface area contributed by atoms with Gasteiger partial charge in [0.1, 0.15) is 5.71 Å². The average Bonchev–Trinajstić information content (AvgIpc) is 2.38. The maximum atomic E-state index is 8.11. The molecule has 0 amide bonds. The Balaban J connectivity index is 2.49. The van der Waals surface area contributed by atoms with E-state index >= 15 is 0 Å². The summed E-state index contributed by atoms with van der Waals surface area (Å²) in [7, 11) is 2.06. The van der Waals surface area contributed by atoms with Crippen LogP contribution in [0.15, 0.2) is 16.0 Å². The zero-order valence-electron chi connectivity index (χ0n) is 11.3. The predicted molar refractivity (Wildman–Crippen MR) is 79.8 cm³/mol. The number of hydrogen-bond acceptors (Lipinski definition) is 5. The smallest absolute Gasteiger partial charge is 0.246 e. The summed E-state index contributed by atoms with van der Waals surface area (Å²) < 4.78 is 9.32. The molecule has 1 aliphatic rings. The number of nitrogens with one attached hydrogen (secondary N) is 1. The van der Waals surface area contributed by atoms with Crippen molar-refractivity contribution in [2.45, 2.75) is 32.6 Å². The summed E-state index contributed by atoms with van der Waals surface area (Å²) in [5, 5.41) is 8.11. The summed E-state index contributed by atoms with van der Waals surface area (Å²) in [6.45, 7) is 4.59. The maximum absolute atomic E-state index is 8.11. The van der Waals surface area contributed by atoms with Gasteiger partial charge < -0.3 is 9.64 Å². The van der Waals surface area contributed by atoms with Crippen molar-refractivity contribution < 1.29 is 4.74 Å². The Morgan fingerprint density at radius 1 is 1.56 bits per heavy atom. The van der Waals surface area contributed by atoms with Gasteiger partial charge in [0.05, 0.1) is 6.61 Å². The second-order valence-electron chi connectivity index (χ2n) is 4.59. The van der Waals surface area contributed by atoms with Crippen molar-refractivity contribution in [3.8, 4) is 0 Å². The first-order chi connectivity index (χ1) is 8.69. The first-order valence-electron chi connectivity index (χ1n) is 6.50. The van der Waals surface area contributed by atoms with E-state index in [4.69, 9.17) is 10.1 Å². The van der Waals surface area contributed by atoms with Gasteiger partial charge in [-0.05, 0) is 38.3 Å². The van der Waals surface area contributed by atoms with Gasteiger partial charge in [0.25, 0.3) is 0 Å². The fourth-order valence-electron chi connectivity index (χ4n) is 1.88. The van der Waals surface area contributed by atoms with Gasteiger partial charge in [-0.2, -0.15) is 4.40 Å². The predicted octanol–water partition coefficient (Wildman–Crippen LogP) is 2.72. The third-order valence-electron chi connectivity index (χ3n) is 2.95. The highest BCUT2D eigenvalue weighted by atomic mass is 32.1. The van der Waals surface area contributed by atoms with Gasteiger partial charge >= 0.3 is 0 Å². The molecule has 1 heterocycles. The van der Waals surface area contributed by atoms with Crippen LogP contribution in [0, 0.1) is 5.41 Å². The van der Waals surface area contributed by atoms with Crippen molar-refractivity contribution in [3.05, 3.63) is 11.6 Å². The lowest BCUT2D eigenvalue weighted by Gasteiger charge is -2.23. The van der Waals surface area contributed by atoms with Crippen LogP contribution in [0.2, 0.25) is 0 Å². The topological polar surface area (TPSA) is 48.7 Å². The second-order valence-corrected chi connectivity index (χ2v) is 4.79. The number of unbranched alkanes of at least 4 members (excludes halogenated alkanes) is 2. The van der Waals surface area contributed by atoms with Crippen LogP contribution in [0.25, 0.3) is 0 Å². The molecule has 0 aromatic rings. The van der Waals surface area contributed by atoms with E-state index in [1.54, 1.807) is 0 Å². The van der Waals surface area contributed by atoms with Gasteiger partial charge in [-0.1, -0.05) is 25.8 Å². The molecule has 4 nitrogen and oxygen atoms in total. The fourth-order valence-corrected chi connectivity index (χ4v) is 2.04.